The molecule has 0 unspecified atom stereocenters. The first-order valence-electron chi connectivity index (χ1n) is 6.39. The molecule has 0 atom stereocenters. The van der Waals surface area contributed by atoms with E-state index in [2.05, 4.69) is 28.4 Å². The van der Waals surface area contributed by atoms with Gasteiger partial charge in [0.25, 0.3) is 0 Å². The number of hydrazine groups is 1. The normalized spacial score (nSPS) is 10.8. The SMILES string of the molecule is CCc1cc2c(N(CC)CC(N)=O)nc(NN)nc2s1. The van der Waals surface area contributed by atoms with Crippen LogP contribution in [0.2, 0.25) is 0 Å². The lowest BCUT2D eigenvalue weighted by Crippen LogP contribution is -2.34. The van der Waals surface area contributed by atoms with Gasteiger partial charge in [-0.15, -0.1) is 11.3 Å². The third-order valence-corrected chi connectivity index (χ3v) is 4.10. The predicted octanol–water partition coefficient (Wildman–Crippen LogP) is 0.851. The molecule has 0 aliphatic carbocycles. The van der Waals surface area contributed by atoms with E-state index >= 15 is 0 Å². The van der Waals surface area contributed by atoms with Crippen LogP contribution in [0.4, 0.5) is 11.8 Å². The fourth-order valence-corrected chi connectivity index (χ4v) is 2.92. The fourth-order valence-electron chi connectivity index (χ4n) is 1.96. The number of nitrogens with two attached hydrogens (primary N) is 2. The molecule has 0 radical (unpaired) electrons. The summed E-state index contributed by atoms with van der Waals surface area (Å²) in [5.74, 6) is 6.03. The summed E-state index contributed by atoms with van der Waals surface area (Å²) in [5, 5.41) is 0.925. The van der Waals surface area contributed by atoms with Gasteiger partial charge < -0.3 is 10.6 Å². The lowest BCUT2D eigenvalue weighted by Gasteiger charge is -2.21. The molecule has 0 aliphatic rings. The fraction of sp³-hybridized carbons (Fsp3) is 0.417. The molecule has 2 heterocycles. The second kappa shape index (κ2) is 6.02. The molecule has 108 valence electrons. The number of amides is 1. The van der Waals surface area contributed by atoms with Crippen molar-refractivity contribution >= 4 is 39.2 Å². The summed E-state index contributed by atoms with van der Waals surface area (Å²) >= 11 is 1.60. The molecule has 8 heteroatoms. The monoisotopic (exact) mass is 294 g/mol. The second-order valence-corrected chi connectivity index (χ2v) is 5.40. The van der Waals surface area contributed by atoms with Crippen molar-refractivity contribution in [2.24, 2.45) is 11.6 Å². The number of fused-ring (bicyclic) bond motifs is 1. The Labute approximate surface area is 121 Å². The highest BCUT2D eigenvalue weighted by molar-refractivity contribution is 7.18. The topological polar surface area (TPSA) is 110 Å². The number of hydrogen-bond acceptors (Lipinski definition) is 7. The Morgan fingerprint density at radius 3 is 2.75 bits per heavy atom. The lowest BCUT2D eigenvalue weighted by atomic mass is 10.3. The van der Waals surface area contributed by atoms with E-state index in [0.717, 1.165) is 16.6 Å². The van der Waals surface area contributed by atoms with Crippen LogP contribution in [0.15, 0.2) is 6.07 Å². The van der Waals surface area contributed by atoms with Gasteiger partial charge in [-0.3, -0.25) is 10.2 Å². The number of aryl methyl sites for hydroxylation is 1. The first-order valence-corrected chi connectivity index (χ1v) is 7.21. The highest BCUT2D eigenvalue weighted by atomic mass is 32.1. The standard InChI is InChI=1S/C12H18N6OS/c1-3-7-5-8-10(18(4-2)6-9(13)19)15-12(17-14)16-11(8)20-7/h5H,3-4,6,14H2,1-2H3,(H2,13,19)(H,15,16,17). The van der Waals surface area contributed by atoms with E-state index in [0.29, 0.717) is 18.3 Å². The van der Waals surface area contributed by atoms with Crippen LogP contribution in [-0.2, 0) is 11.2 Å². The number of carbonyl (C=O) groups excluding carboxylic acids is 1. The molecule has 0 fully saturated rings. The molecule has 2 aromatic rings. The number of primary amides is 1. The Bertz CT molecular complexity index is 626. The third-order valence-electron chi connectivity index (χ3n) is 2.93. The van der Waals surface area contributed by atoms with Crippen LogP contribution in [0, 0.1) is 0 Å². The van der Waals surface area contributed by atoms with E-state index in [1.165, 1.54) is 4.88 Å². The summed E-state index contributed by atoms with van der Waals surface area (Å²) in [5.41, 5.74) is 7.75. The van der Waals surface area contributed by atoms with E-state index < -0.39 is 5.91 Å². The van der Waals surface area contributed by atoms with Crippen LogP contribution in [0.1, 0.15) is 18.7 Å². The first kappa shape index (κ1) is 14.5. The van der Waals surface area contributed by atoms with Crippen molar-refractivity contribution in [2.45, 2.75) is 20.3 Å². The van der Waals surface area contributed by atoms with Gasteiger partial charge in [-0.05, 0) is 19.4 Å². The maximum Gasteiger partial charge on any atom is 0.240 e. The Morgan fingerprint density at radius 1 is 1.45 bits per heavy atom. The summed E-state index contributed by atoms with van der Waals surface area (Å²) < 4.78 is 0. The van der Waals surface area contributed by atoms with Crippen molar-refractivity contribution in [2.75, 3.05) is 23.4 Å². The number of nitrogens with zero attached hydrogens (tertiary/aromatic N) is 3. The number of hydrogen-bond donors (Lipinski definition) is 3. The molecule has 1 amide bonds. The number of thiophene rings is 1. The Hall–Kier alpha value is -1.93. The lowest BCUT2D eigenvalue weighted by molar-refractivity contribution is -0.116. The highest BCUT2D eigenvalue weighted by Crippen LogP contribution is 2.32. The maximum absolute atomic E-state index is 11.2. The molecule has 20 heavy (non-hydrogen) atoms. The van der Waals surface area contributed by atoms with Gasteiger partial charge in [0.15, 0.2) is 0 Å². The number of nitrogen functional groups attached to an aromatic ring is 1. The second-order valence-electron chi connectivity index (χ2n) is 4.28. The van der Waals surface area contributed by atoms with E-state index in [-0.39, 0.29) is 6.54 Å². The zero-order valence-corrected chi connectivity index (χ0v) is 12.3. The number of nitrogens with one attached hydrogen (secondary N) is 1. The van der Waals surface area contributed by atoms with Crippen LogP contribution in [0.3, 0.4) is 0 Å². The molecule has 2 aromatic heterocycles. The Morgan fingerprint density at radius 2 is 2.20 bits per heavy atom. The number of rotatable bonds is 6. The molecule has 0 saturated heterocycles. The van der Waals surface area contributed by atoms with Gasteiger partial charge >= 0.3 is 0 Å². The largest absolute Gasteiger partial charge is 0.368 e. The molecule has 0 spiro atoms. The molecule has 2 rings (SSSR count). The third kappa shape index (κ3) is 2.81. The first-order chi connectivity index (χ1) is 9.58. The smallest absolute Gasteiger partial charge is 0.240 e. The minimum Gasteiger partial charge on any atom is -0.368 e. The van der Waals surface area contributed by atoms with Crippen molar-refractivity contribution < 1.29 is 4.79 Å². The van der Waals surface area contributed by atoms with Gasteiger partial charge in [-0.1, -0.05) is 6.92 Å². The Balaban J connectivity index is 2.58. The van der Waals surface area contributed by atoms with Crippen LogP contribution in [-0.4, -0.2) is 29.0 Å². The minimum atomic E-state index is -0.396. The molecule has 0 aromatic carbocycles. The maximum atomic E-state index is 11.2. The molecular formula is C12H18N6OS. The molecular weight excluding hydrogens is 276 g/mol. The van der Waals surface area contributed by atoms with Crippen LogP contribution < -0.4 is 21.9 Å². The van der Waals surface area contributed by atoms with Gasteiger partial charge in [0.2, 0.25) is 11.9 Å². The van der Waals surface area contributed by atoms with Gasteiger partial charge in [-0.2, -0.15) is 4.98 Å². The summed E-state index contributed by atoms with van der Waals surface area (Å²) in [6, 6.07) is 2.05. The summed E-state index contributed by atoms with van der Waals surface area (Å²) in [7, 11) is 0. The minimum absolute atomic E-state index is 0.115. The van der Waals surface area contributed by atoms with E-state index in [1.807, 2.05) is 11.8 Å². The zero-order valence-electron chi connectivity index (χ0n) is 11.5. The zero-order chi connectivity index (χ0) is 14.7. The van der Waals surface area contributed by atoms with Crippen molar-refractivity contribution in [3.63, 3.8) is 0 Å². The van der Waals surface area contributed by atoms with Crippen molar-refractivity contribution in [3.8, 4) is 0 Å². The average Bonchev–Trinajstić information content (AvgIpc) is 2.86. The van der Waals surface area contributed by atoms with E-state index in [9.17, 15) is 4.79 Å². The van der Waals surface area contributed by atoms with Gasteiger partial charge in [0, 0.05) is 11.4 Å². The van der Waals surface area contributed by atoms with Crippen LogP contribution >= 0.6 is 11.3 Å². The summed E-state index contributed by atoms with van der Waals surface area (Å²) in [6.45, 7) is 4.76. The van der Waals surface area contributed by atoms with Crippen LogP contribution in [0.25, 0.3) is 10.2 Å². The van der Waals surface area contributed by atoms with Gasteiger partial charge in [0.1, 0.15) is 10.6 Å². The number of anilines is 2. The molecule has 7 nitrogen and oxygen atoms in total. The van der Waals surface area contributed by atoms with Crippen molar-refractivity contribution in [1.29, 1.82) is 0 Å². The molecule has 0 aliphatic heterocycles. The Kier molecular flexibility index (Phi) is 4.35. The van der Waals surface area contributed by atoms with E-state index in [1.54, 1.807) is 11.3 Å². The summed E-state index contributed by atoms with van der Waals surface area (Å²) in [4.78, 5) is 23.8. The predicted molar refractivity (Wildman–Crippen MR) is 81.7 cm³/mol. The highest BCUT2D eigenvalue weighted by Gasteiger charge is 2.17. The number of carbonyl (C=O) groups is 1. The van der Waals surface area contributed by atoms with E-state index in [4.69, 9.17) is 11.6 Å². The molecule has 5 N–H and O–H groups in total. The van der Waals surface area contributed by atoms with Gasteiger partial charge in [0.05, 0.1) is 11.9 Å². The molecule has 0 bridgehead atoms. The van der Waals surface area contributed by atoms with Crippen molar-refractivity contribution in [3.05, 3.63) is 10.9 Å². The molecule has 0 saturated carbocycles. The number of likely N-dealkylation sites (N-methyl/N-ethyl adjacent to an activating group) is 1. The van der Waals surface area contributed by atoms with Crippen LogP contribution in [0.5, 0.6) is 0 Å². The van der Waals surface area contributed by atoms with Crippen molar-refractivity contribution in [1.82, 2.24) is 9.97 Å². The average molecular weight is 294 g/mol. The number of aromatic nitrogens is 2. The van der Waals surface area contributed by atoms with Gasteiger partial charge in [-0.25, -0.2) is 10.8 Å². The summed E-state index contributed by atoms with van der Waals surface area (Å²) in [6.07, 6.45) is 0.924. The quantitative estimate of drug-likeness (QED) is 0.538.